The maximum Gasteiger partial charge on any atom is 0.133 e. The second kappa shape index (κ2) is 3.88. The maximum atomic E-state index is 5.09. The molecule has 0 saturated carbocycles. The standard InChI is InChI=1S/C7H7BrOS/c1-9-6-4-2-3-5-7(6)10-8/h2-5H,1H3. The van der Waals surface area contributed by atoms with Crippen LogP contribution in [0, 0.1) is 0 Å². The Morgan fingerprint density at radius 1 is 1.40 bits per heavy atom. The van der Waals surface area contributed by atoms with Gasteiger partial charge in [0.1, 0.15) is 5.75 Å². The van der Waals surface area contributed by atoms with E-state index in [1.807, 2.05) is 24.3 Å². The van der Waals surface area contributed by atoms with E-state index < -0.39 is 0 Å². The first kappa shape index (κ1) is 7.95. The molecule has 0 aromatic heterocycles. The van der Waals surface area contributed by atoms with E-state index in [2.05, 4.69) is 14.8 Å². The number of ether oxygens (including phenoxy) is 1. The molecule has 0 unspecified atom stereocenters. The van der Waals surface area contributed by atoms with Crippen LogP contribution in [-0.2, 0) is 0 Å². The summed E-state index contributed by atoms with van der Waals surface area (Å²) in [5.74, 6) is 0.907. The van der Waals surface area contributed by atoms with E-state index in [9.17, 15) is 0 Å². The molecule has 0 amide bonds. The number of halogens is 1. The van der Waals surface area contributed by atoms with E-state index in [1.54, 1.807) is 7.11 Å². The maximum absolute atomic E-state index is 5.09. The molecule has 0 saturated heterocycles. The van der Waals surface area contributed by atoms with Gasteiger partial charge in [0.25, 0.3) is 0 Å². The highest BCUT2D eigenvalue weighted by Gasteiger charge is 1.97. The molecule has 1 rings (SSSR count). The van der Waals surface area contributed by atoms with E-state index in [-0.39, 0.29) is 0 Å². The minimum atomic E-state index is 0.907. The van der Waals surface area contributed by atoms with Gasteiger partial charge in [-0.05, 0) is 37.1 Å². The molecule has 0 aliphatic heterocycles. The van der Waals surface area contributed by atoms with Crippen LogP contribution in [0.5, 0.6) is 5.75 Å². The molecule has 3 heteroatoms. The average molecular weight is 219 g/mol. The van der Waals surface area contributed by atoms with E-state index >= 15 is 0 Å². The molecule has 54 valence electrons. The predicted octanol–water partition coefficient (Wildman–Crippen LogP) is 3.10. The highest BCUT2D eigenvalue weighted by atomic mass is 79.9. The Labute approximate surface area is 72.0 Å². The van der Waals surface area contributed by atoms with Gasteiger partial charge < -0.3 is 4.74 Å². The van der Waals surface area contributed by atoms with Crippen LogP contribution in [0.15, 0.2) is 29.2 Å². The Morgan fingerprint density at radius 3 is 2.60 bits per heavy atom. The van der Waals surface area contributed by atoms with Crippen molar-refractivity contribution in [3.63, 3.8) is 0 Å². The van der Waals surface area contributed by atoms with Crippen LogP contribution >= 0.6 is 25.0 Å². The van der Waals surface area contributed by atoms with Crippen molar-refractivity contribution in [3.05, 3.63) is 24.3 Å². The van der Waals surface area contributed by atoms with Crippen molar-refractivity contribution in [3.8, 4) is 5.75 Å². The Morgan fingerprint density at radius 2 is 2.10 bits per heavy atom. The second-order valence-electron chi connectivity index (χ2n) is 1.73. The third kappa shape index (κ3) is 1.67. The van der Waals surface area contributed by atoms with Crippen molar-refractivity contribution >= 4 is 25.0 Å². The molecule has 0 aliphatic carbocycles. The molecule has 1 nitrogen and oxygen atoms in total. The largest absolute Gasteiger partial charge is 0.496 e. The first-order valence-corrected chi connectivity index (χ1v) is 5.46. The van der Waals surface area contributed by atoms with Crippen LogP contribution in [0.1, 0.15) is 0 Å². The van der Waals surface area contributed by atoms with Crippen molar-refractivity contribution in [1.82, 2.24) is 0 Å². The monoisotopic (exact) mass is 218 g/mol. The van der Waals surface area contributed by atoms with E-state index in [4.69, 9.17) is 4.74 Å². The van der Waals surface area contributed by atoms with Gasteiger partial charge in [-0.15, -0.1) is 0 Å². The molecule has 0 aliphatic rings. The summed E-state index contributed by atoms with van der Waals surface area (Å²) in [6.07, 6.45) is 0. The summed E-state index contributed by atoms with van der Waals surface area (Å²) < 4.78 is 5.09. The summed E-state index contributed by atoms with van der Waals surface area (Å²) in [7, 11) is 3.18. The van der Waals surface area contributed by atoms with Gasteiger partial charge in [-0.2, -0.15) is 0 Å². The van der Waals surface area contributed by atoms with Crippen LogP contribution < -0.4 is 4.74 Å². The molecule has 0 spiro atoms. The second-order valence-corrected chi connectivity index (χ2v) is 3.29. The minimum absolute atomic E-state index is 0.907. The van der Waals surface area contributed by atoms with Crippen molar-refractivity contribution in [2.75, 3.05) is 7.11 Å². The highest BCUT2D eigenvalue weighted by molar-refractivity contribution is 9.50. The van der Waals surface area contributed by atoms with Crippen LogP contribution in [0.4, 0.5) is 0 Å². The minimum Gasteiger partial charge on any atom is -0.496 e. The van der Waals surface area contributed by atoms with Crippen molar-refractivity contribution < 1.29 is 4.74 Å². The smallest absolute Gasteiger partial charge is 0.133 e. The lowest BCUT2D eigenvalue weighted by molar-refractivity contribution is 0.405. The van der Waals surface area contributed by atoms with Crippen LogP contribution in [0.25, 0.3) is 0 Å². The SMILES string of the molecule is COc1ccccc1SBr. The average Bonchev–Trinajstić information content (AvgIpc) is 2.04. The Hall–Kier alpha value is -0.150. The summed E-state index contributed by atoms with van der Waals surface area (Å²) in [6, 6.07) is 7.86. The number of hydrogen-bond donors (Lipinski definition) is 0. The van der Waals surface area contributed by atoms with E-state index in [0.717, 1.165) is 10.6 Å². The van der Waals surface area contributed by atoms with Gasteiger partial charge in [0.05, 0.1) is 12.0 Å². The quantitative estimate of drug-likeness (QED) is 0.755. The van der Waals surface area contributed by atoms with Gasteiger partial charge in [0.15, 0.2) is 0 Å². The molecule has 1 aromatic carbocycles. The normalized spacial score (nSPS) is 9.40. The highest BCUT2D eigenvalue weighted by Crippen LogP contribution is 2.32. The first-order valence-electron chi connectivity index (χ1n) is 2.80. The topological polar surface area (TPSA) is 9.23 Å². The zero-order valence-corrected chi connectivity index (χ0v) is 7.91. The van der Waals surface area contributed by atoms with Gasteiger partial charge >= 0.3 is 0 Å². The van der Waals surface area contributed by atoms with Gasteiger partial charge in [-0.3, -0.25) is 0 Å². The van der Waals surface area contributed by atoms with Crippen molar-refractivity contribution in [2.24, 2.45) is 0 Å². The number of hydrogen-bond acceptors (Lipinski definition) is 2. The number of para-hydroxylation sites is 1. The van der Waals surface area contributed by atoms with Gasteiger partial charge in [0, 0.05) is 0 Å². The number of benzene rings is 1. The summed E-state index contributed by atoms with van der Waals surface area (Å²) in [5.41, 5.74) is 0. The lowest BCUT2D eigenvalue weighted by Gasteiger charge is -2.02. The molecule has 0 atom stereocenters. The molecule has 1 aromatic rings. The third-order valence-electron chi connectivity index (χ3n) is 1.15. The van der Waals surface area contributed by atoms with Gasteiger partial charge in [-0.25, -0.2) is 0 Å². The van der Waals surface area contributed by atoms with Gasteiger partial charge in [0.2, 0.25) is 0 Å². The fourth-order valence-electron chi connectivity index (χ4n) is 0.683. The molecular weight excluding hydrogens is 212 g/mol. The summed E-state index contributed by atoms with van der Waals surface area (Å²) in [5, 5.41) is 0. The molecule has 10 heavy (non-hydrogen) atoms. The first-order chi connectivity index (χ1) is 4.88. The summed E-state index contributed by atoms with van der Waals surface area (Å²) in [6.45, 7) is 0. The van der Waals surface area contributed by atoms with Crippen LogP contribution in [0.3, 0.4) is 0 Å². The van der Waals surface area contributed by atoms with Crippen molar-refractivity contribution in [2.45, 2.75) is 4.90 Å². The Balaban J connectivity index is 2.96. The van der Waals surface area contributed by atoms with Crippen LogP contribution in [-0.4, -0.2) is 7.11 Å². The lowest BCUT2D eigenvalue weighted by atomic mass is 10.3. The van der Waals surface area contributed by atoms with E-state index in [0.29, 0.717) is 0 Å². The van der Waals surface area contributed by atoms with Gasteiger partial charge in [-0.1, -0.05) is 12.1 Å². The van der Waals surface area contributed by atoms with Crippen molar-refractivity contribution in [1.29, 1.82) is 0 Å². The third-order valence-corrected chi connectivity index (χ3v) is 2.70. The lowest BCUT2D eigenvalue weighted by Crippen LogP contribution is -1.82. The Bertz CT molecular complexity index is 192. The summed E-state index contributed by atoms with van der Waals surface area (Å²) >= 11 is 3.29. The molecule has 0 radical (unpaired) electrons. The molecular formula is C7H7BrOS. The fraction of sp³-hybridized carbons (Fsp3) is 0.143. The number of rotatable bonds is 2. The molecule has 0 N–H and O–H groups in total. The molecule has 0 fully saturated rings. The zero-order valence-electron chi connectivity index (χ0n) is 5.50. The predicted molar refractivity (Wildman–Crippen MR) is 47.8 cm³/mol. The molecule has 0 bridgehead atoms. The molecule has 0 heterocycles. The fourth-order valence-corrected chi connectivity index (χ4v) is 1.84. The zero-order chi connectivity index (χ0) is 7.40. The Kier molecular flexibility index (Phi) is 3.09. The summed E-state index contributed by atoms with van der Waals surface area (Å²) in [4.78, 5) is 1.10. The van der Waals surface area contributed by atoms with Crippen LogP contribution in [0.2, 0.25) is 0 Å². The number of methoxy groups -OCH3 is 1. The van der Waals surface area contributed by atoms with E-state index in [1.165, 1.54) is 10.2 Å².